The summed E-state index contributed by atoms with van der Waals surface area (Å²) in [5.74, 6) is -0.189. The zero-order chi connectivity index (χ0) is 13.1. The van der Waals surface area contributed by atoms with Gasteiger partial charge in [-0.3, -0.25) is 14.7 Å². The summed E-state index contributed by atoms with van der Waals surface area (Å²) < 4.78 is 0. The van der Waals surface area contributed by atoms with E-state index in [1.165, 1.54) is 4.90 Å². The fourth-order valence-electron chi connectivity index (χ4n) is 1.96. The van der Waals surface area contributed by atoms with E-state index in [9.17, 15) is 9.59 Å². The number of nitrogen functional groups attached to an aromatic ring is 1. The molecule has 1 unspecified atom stereocenters. The van der Waals surface area contributed by atoms with Gasteiger partial charge >= 0.3 is 6.03 Å². The number of nitrogens with zero attached hydrogens (tertiary/aromatic N) is 2. The molecule has 1 saturated heterocycles. The van der Waals surface area contributed by atoms with Crippen LogP contribution < -0.4 is 11.1 Å². The summed E-state index contributed by atoms with van der Waals surface area (Å²) in [6, 6.07) is 2.56. The summed E-state index contributed by atoms with van der Waals surface area (Å²) in [6.45, 7) is 2.14. The Morgan fingerprint density at radius 1 is 1.50 bits per heavy atom. The molecule has 1 aromatic rings. The minimum Gasteiger partial charge on any atom is -0.399 e. The van der Waals surface area contributed by atoms with Crippen molar-refractivity contribution in [3.63, 3.8) is 0 Å². The van der Waals surface area contributed by atoms with E-state index >= 15 is 0 Å². The molecule has 2 rings (SSSR count). The van der Waals surface area contributed by atoms with Gasteiger partial charge in [0.25, 0.3) is 5.91 Å². The van der Waals surface area contributed by atoms with Crippen LogP contribution in [0.15, 0.2) is 18.3 Å². The Balaban J connectivity index is 2.10. The van der Waals surface area contributed by atoms with E-state index in [0.29, 0.717) is 17.8 Å². The smallest absolute Gasteiger partial charge is 0.325 e. The van der Waals surface area contributed by atoms with Crippen molar-refractivity contribution in [3.05, 3.63) is 24.0 Å². The SMILES string of the molecule is CCCC1NC(=O)N(Cc2cc(N)ccn2)C1=O. The first kappa shape index (κ1) is 12.3. The third-order valence-electron chi connectivity index (χ3n) is 2.85. The fraction of sp³-hybridized carbons (Fsp3) is 0.417. The zero-order valence-corrected chi connectivity index (χ0v) is 10.2. The molecule has 0 saturated carbocycles. The molecule has 0 aromatic carbocycles. The molecular weight excluding hydrogens is 232 g/mol. The molecule has 96 valence electrons. The highest BCUT2D eigenvalue weighted by Crippen LogP contribution is 2.14. The summed E-state index contributed by atoms with van der Waals surface area (Å²) in [5, 5.41) is 2.67. The first-order valence-electron chi connectivity index (χ1n) is 5.94. The average Bonchev–Trinajstić information content (AvgIpc) is 2.58. The number of anilines is 1. The van der Waals surface area contributed by atoms with Gasteiger partial charge in [-0.05, 0) is 18.6 Å². The molecule has 1 atom stereocenters. The lowest BCUT2D eigenvalue weighted by molar-refractivity contribution is -0.128. The van der Waals surface area contributed by atoms with Gasteiger partial charge in [-0.2, -0.15) is 0 Å². The largest absolute Gasteiger partial charge is 0.399 e. The molecule has 1 aliphatic heterocycles. The van der Waals surface area contributed by atoms with Crippen LogP contribution in [0.1, 0.15) is 25.5 Å². The third-order valence-corrected chi connectivity index (χ3v) is 2.85. The minimum absolute atomic E-state index is 0.163. The maximum atomic E-state index is 12.0. The quantitative estimate of drug-likeness (QED) is 0.774. The molecule has 3 N–H and O–H groups in total. The highest BCUT2D eigenvalue weighted by atomic mass is 16.2. The number of aromatic nitrogens is 1. The van der Waals surface area contributed by atoms with Crippen LogP contribution >= 0.6 is 0 Å². The highest BCUT2D eigenvalue weighted by Gasteiger charge is 2.37. The molecule has 0 spiro atoms. The maximum absolute atomic E-state index is 12.0. The van der Waals surface area contributed by atoms with Gasteiger partial charge in [0.2, 0.25) is 0 Å². The van der Waals surface area contributed by atoms with Gasteiger partial charge in [0.1, 0.15) is 6.04 Å². The van der Waals surface area contributed by atoms with Gasteiger partial charge in [-0.25, -0.2) is 4.79 Å². The number of rotatable bonds is 4. The van der Waals surface area contributed by atoms with Crippen molar-refractivity contribution in [3.8, 4) is 0 Å². The summed E-state index contributed by atoms with van der Waals surface area (Å²) in [5.41, 5.74) is 6.81. The van der Waals surface area contributed by atoms with E-state index in [4.69, 9.17) is 5.73 Å². The second-order valence-corrected chi connectivity index (χ2v) is 4.30. The van der Waals surface area contributed by atoms with Gasteiger partial charge in [0, 0.05) is 11.9 Å². The molecule has 1 fully saturated rings. The standard InChI is InChI=1S/C12H16N4O2/c1-2-3-10-11(17)16(12(18)15-10)7-9-6-8(13)4-5-14-9/h4-6,10H,2-3,7H2,1H3,(H2,13,14)(H,15,18). The van der Waals surface area contributed by atoms with Crippen LogP contribution in [0.4, 0.5) is 10.5 Å². The molecule has 0 radical (unpaired) electrons. The van der Waals surface area contributed by atoms with Crippen molar-refractivity contribution >= 4 is 17.6 Å². The van der Waals surface area contributed by atoms with E-state index in [1.54, 1.807) is 18.3 Å². The van der Waals surface area contributed by atoms with Gasteiger partial charge in [-0.15, -0.1) is 0 Å². The number of urea groups is 1. The number of amides is 3. The van der Waals surface area contributed by atoms with E-state index in [2.05, 4.69) is 10.3 Å². The predicted octanol–water partition coefficient (Wildman–Crippen LogP) is 0.884. The number of carbonyl (C=O) groups is 2. The Hall–Kier alpha value is -2.11. The van der Waals surface area contributed by atoms with Crippen molar-refractivity contribution in [1.82, 2.24) is 15.2 Å². The van der Waals surface area contributed by atoms with Gasteiger partial charge < -0.3 is 11.1 Å². The van der Waals surface area contributed by atoms with Crippen LogP contribution in [0.25, 0.3) is 0 Å². The first-order valence-corrected chi connectivity index (χ1v) is 5.94. The lowest BCUT2D eigenvalue weighted by Crippen LogP contribution is -2.31. The number of pyridine rings is 1. The van der Waals surface area contributed by atoms with Gasteiger partial charge in [-0.1, -0.05) is 13.3 Å². The number of imide groups is 1. The molecule has 3 amide bonds. The van der Waals surface area contributed by atoms with Crippen molar-refractivity contribution in [1.29, 1.82) is 0 Å². The monoisotopic (exact) mass is 248 g/mol. The molecule has 18 heavy (non-hydrogen) atoms. The molecular formula is C12H16N4O2. The number of carbonyl (C=O) groups excluding carboxylic acids is 2. The third kappa shape index (κ3) is 2.42. The molecule has 0 aliphatic carbocycles. The number of nitrogens with two attached hydrogens (primary N) is 1. The molecule has 6 heteroatoms. The number of hydrogen-bond donors (Lipinski definition) is 2. The second-order valence-electron chi connectivity index (χ2n) is 4.30. The predicted molar refractivity (Wildman–Crippen MR) is 66.4 cm³/mol. The Kier molecular flexibility index (Phi) is 3.45. The molecule has 0 bridgehead atoms. The molecule has 2 heterocycles. The number of nitrogens with one attached hydrogen (secondary N) is 1. The van der Waals surface area contributed by atoms with Gasteiger partial charge in [0.05, 0.1) is 12.2 Å². The topological polar surface area (TPSA) is 88.3 Å². The fourth-order valence-corrected chi connectivity index (χ4v) is 1.96. The van der Waals surface area contributed by atoms with E-state index < -0.39 is 6.04 Å². The van der Waals surface area contributed by atoms with Crippen molar-refractivity contribution < 1.29 is 9.59 Å². The summed E-state index contributed by atoms with van der Waals surface area (Å²) in [4.78, 5) is 28.9. The Morgan fingerprint density at radius 3 is 2.94 bits per heavy atom. The Morgan fingerprint density at radius 2 is 2.28 bits per heavy atom. The zero-order valence-electron chi connectivity index (χ0n) is 10.2. The van der Waals surface area contributed by atoms with Crippen LogP contribution in [0, 0.1) is 0 Å². The minimum atomic E-state index is -0.399. The Labute approximate surface area is 105 Å². The summed E-state index contributed by atoms with van der Waals surface area (Å²) in [7, 11) is 0. The first-order chi connectivity index (χ1) is 8.61. The molecule has 6 nitrogen and oxygen atoms in total. The van der Waals surface area contributed by atoms with E-state index in [-0.39, 0.29) is 18.5 Å². The van der Waals surface area contributed by atoms with Crippen LogP contribution in [0.3, 0.4) is 0 Å². The molecule has 1 aromatic heterocycles. The van der Waals surface area contributed by atoms with E-state index in [0.717, 1.165) is 6.42 Å². The normalized spacial score (nSPS) is 19.2. The van der Waals surface area contributed by atoms with E-state index in [1.807, 2.05) is 6.92 Å². The lowest BCUT2D eigenvalue weighted by Gasteiger charge is -2.12. The Bertz CT molecular complexity index is 475. The van der Waals surface area contributed by atoms with Crippen LogP contribution in [-0.4, -0.2) is 27.9 Å². The van der Waals surface area contributed by atoms with Crippen molar-refractivity contribution in [2.24, 2.45) is 0 Å². The lowest BCUT2D eigenvalue weighted by atomic mass is 10.1. The molecule has 1 aliphatic rings. The van der Waals surface area contributed by atoms with Crippen molar-refractivity contribution in [2.75, 3.05) is 5.73 Å². The summed E-state index contributed by atoms with van der Waals surface area (Å²) >= 11 is 0. The average molecular weight is 248 g/mol. The second kappa shape index (κ2) is 5.03. The summed E-state index contributed by atoms with van der Waals surface area (Å²) in [6.07, 6.45) is 3.07. The number of hydrogen-bond acceptors (Lipinski definition) is 4. The van der Waals surface area contributed by atoms with Crippen molar-refractivity contribution in [2.45, 2.75) is 32.4 Å². The van der Waals surface area contributed by atoms with Crippen LogP contribution in [0.2, 0.25) is 0 Å². The van der Waals surface area contributed by atoms with Gasteiger partial charge in [0.15, 0.2) is 0 Å². The highest BCUT2D eigenvalue weighted by molar-refractivity contribution is 6.04. The maximum Gasteiger partial charge on any atom is 0.325 e. The van der Waals surface area contributed by atoms with Crippen LogP contribution in [0.5, 0.6) is 0 Å². The van der Waals surface area contributed by atoms with Crippen LogP contribution in [-0.2, 0) is 11.3 Å².